The van der Waals surface area contributed by atoms with Crippen LogP contribution < -0.4 is 0 Å². The zero-order valence-electron chi connectivity index (χ0n) is 11.7. The van der Waals surface area contributed by atoms with Crippen LogP contribution in [-0.4, -0.2) is 44.5 Å². The van der Waals surface area contributed by atoms with Gasteiger partial charge in [0.1, 0.15) is 11.8 Å². The first-order valence-corrected chi connectivity index (χ1v) is 6.89. The van der Waals surface area contributed by atoms with Crippen molar-refractivity contribution in [1.29, 1.82) is 0 Å². The molecule has 112 valence electrons. The number of pyridine rings is 1. The molecule has 2 aromatic rings. The number of carbonyl (C=O) groups is 1. The van der Waals surface area contributed by atoms with Gasteiger partial charge in [0.05, 0.1) is 30.9 Å². The van der Waals surface area contributed by atoms with Crippen molar-refractivity contribution in [1.82, 2.24) is 4.98 Å². The summed E-state index contributed by atoms with van der Waals surface area (Å²) in [6.45, 7) is 1.49. The topological polar surface area (TPSA) is 57.7 Å². The summed E-state index contributed by atoms with van der Waals surface area (Å²) in [7, 11) is 1.60. The van der Waals surface area contributed by atoms with E-state index < -0.39 is 5.97 Å². The third kappa shape index (κ3) is 4.39. The first-order valence-electron chi connectivity index (χ1n) is 6.51. The molecule has 0 spiro atoms. The van der Waals surface area contributed by atoms with Gasteiger partial charge in [0.2, 0.25) is 0 Å². The van der Waals surface area contributed by atoms with Crippen LogP contribution in [0.25, 0.3) is 10.9 Å². The number of halogens is 1. The normalized spacial score (nSPS) is 10.8. The Morgan fingerprint density at radius 2 is 1.95 bits per heavy atom. The molecule has 0 atom stereocenters. The Kier molecular flexibility index (Phi) is 5.92. The lowest BCUT2D eigenvalue weighted by Gasteiger charge is -2.08. The molecule has 0 N–H and O–H groups in total. The third-order valence-electron chi connectivity index (χ3n) is 2.80. The molecular weight excluding hydrogens is 294 g/mol. The first-order chi connectivity index (χ1) is 10.2. The largest absolute Gasteiger partial charge is 0.460 e. The SMILES string of the molecule is COCCOCCOC(=O)c1cc(Cl)nc2ccccc12. The van der Waals surface area contributed by atoms with Crippen LogP contribution in [0.3, 0.4) is 0 Å². The molecule has 0 aliphatic heterocycles. The van der Waals surface area contributed by atoms with E-state index in [0.717, 1.165) is 0 Å². The number of benzene rings is 1. The quantitative estimate of drug-likeness (QED) is 0.447. The molecule has 0 aliphatic rings. The highest BCUT2D eigenvalue weighted by Crippen LogP contribution is 2.21. The number of aromatic nitrogens is 1. The number of nitrogens with zero attached hydrogens (tertiary/aromatic N) is 1. The molecule has 0 saturated carbocycles. The molecule has 0 aliphatic carbocycles. The van der Waals surface area contributed by atoms with Gasteiger partial charge in [-0.1, -0.05) is 29.8 Å². The Hall–Kier alpha value is -1.69. The second kappa shape index (κ2) is 7.93. The average Bonchev–Trinajstić information content (AvgIpc) is 2.49. The fourth-order valence-electron chi connectivity index (χ4n) is 1.83. The van der Waals surface area contributed by atoms with Crippen LogP contribution in [0.15, 0.2) is 30.3 Å². The number of esters is 1. The summed E-state index contributed by atoms with van der Waals surface area (Å²) in [4.78, 5) is 16.3. The molecule has 0 amide bonds. The molecule has 0 saturated heterocycles. The highest BCUT2D eigenvalue weighted by molar-refractivity contribution is 6.30. The number of ether oxygens (including phenoxy) is 3. The molecule has 0 bridgehead atoms. The predicted octanol–water partition coefficient (Wildman–Crippen LogP) is 2.71. The smallest absolute Gasteiger partial charge is 0.339 e. The molecule has 0 unspecified atom stereocenters. The van der Waals surface area contributed by atoms with E-state index in [9.17, 15) is 4.79 Å². The number of rotatable bonds is 7. The summed E-state index contributed by atoms with van der Waals surface area (Å²) in [5.74, 6) is -0.439. The maximum absolute atomic E-state index is 12.1. The number of methoxy groups -OCH3 is 1. The summed E-state index contributed by atoms with van der Waals surface area (Å²) >= 11 is 5.93. The Morgan fingerprint density at radius 1 is 1.19 bits per heavy atom. The summed E-state index contributed by atoms with van der Waals surface area (Å²) in [5.41, 5.74) is 1.07. The van der Waals surface area contributed by atoms with Crippen molar-refractivity contribution in [3.05, 3.63) is 41.0 Å². The lowest BCUT2D eigenvalue weighted by atomic mass is 10.1. The van der Waals surface area contributed by atoms with E-state index in [0.29, 0.717) is 36.3 Å². The highest BCUT2D eigenvalue weighted by atomic mass is 35.5. The molecule has 5 nitrogen and oxygen atoms in total. The molecule has 1 heterocycles. The third-order valence-corrected chi connectivity index (χ3v) is 2.99. The van der Waals surface area contributed by atoms with E-state index in [-0.39, 0.29) is 11.8 Å². The van der Waals surface area contributed by atoms with Crippen molar-refractivity contribution in [2.75, 3.05) is 33.5 Å². The van der Waals surface area contributed by atoms with Gasteiger partial charge in [0, 0.05) is 12.5 Å². The average molecular weight is 310 g/mol. The maximum Gasteiger partial charge on any atom is 0.339 e. The number of hydrogen-bond acceptors (Lipinski definition) is 5. The van der Waals surface area contributed by atoms with Gasteiger partial charge >= 0.3 is 5.97 Å². The van der Waals surface area contributed by atoms with E-state index >= 15 is 0 Å². The Balaban J connectivity index is 1.99. The second-order valence-corrected chi connectivity index (χ2v) is 4.64. The minimum absolute atomic E-state index is 0.177. The van der Waals surface area contributed by atoms with Crippen molar-refractivity contribution in [3.63, 3.8) is 0 Å². The summed E-state index contributed by atoms with van der Waals surface area (Å²) in [6, 6.07) is 8.79. The maximum atomic E-state index is 12.1. The van der Waals surface area contributed by atoms with Crippen LogP contribution in [0.4, 0.5) is 0 Å². The van der Waals surface area contributed by atoms with E-state index in [4.69, 9.17) is 25.8 Å². The minimum Gasteiger partial charge on any atom is -0.460 e. The zero-order chi connectivity index (χ0) is 15.1. The molecule has 6 heteroatoms. The van der Waals surface area contributed by atoms with Gasteiger partial charge in [0.15, 0.2) is 0 Å². The number of hydrogen-bond donors (Lipinski definition) is 0. The molecule has 1 aromatic heterocycles. The van der Waals surface area contributed by atoms with Gasteiger partial charge in [-0.15, -0.1) is 0 Å². The predicted molar refractivity (Wildman–Crippen MR) is 79.7 cm³/mol. The lowest BCUT2D eigenvalue weighted by molar-refractivity contribution is 0.0215. The van der Waals surface area contributed by atoms with E-state index in [2.05, 4.69) is 4.98 Å². The van der Waals surface area contributed by atoms with E-state index in [1.807, 2.05) is 18.2 Å². The Bertz CT molecular complexity index is 618. The highest BCUT2D eigenvalue weighted by Gasteiger charge is 2.13. The Labute approximate surface area is 127 Å². The van der Waals surface area contributed by atoms with Gasteiger partial charge in [-0.3, -0.25) is 0 Å². The monoisotopic (exact) mass is 309 g/mol. The van der Waals surface area contributed by atoms with Gasteiger partial charge in [-0.05, 0) is 12.1 Å². The van der Waals surface area contributed by atoms with Crippen LogP contribution in [0.1, 0.15) is 10.4 Å². The van der Waals surface area contributed by atoms with Gasteiger partial charge in [-0.25, -0.2) is 9.78 Å². The summed E-state index contributed by atoms with van der Waals surface area (Å²) in [6.07, 6.45) is 0. The summed E-state index contributed by atoms with van der Waals surface area (Å²) in [5, 5.41) is 0.976. The van der Waals surface area contributed by atoms with Crippen LogP contribution in [0.5, 0.6) is 0 Å². The fraction of sp³-hybridized carbons (Fsp3) is 0.333. The number of para-hydroxylation sites is 1. The molecule has 0 radical (unpaired) electrons. The van der Waals surface area contributed by atoms with Crippen molar-refractivity contribution in [3.8, 4) is 0 Å². The van der Waals surface area contributed by atoms with Gasteiger partial charge < -0.3 is 14.2 Å². The Morgan fingerprint density at radius 3 is 2.76 bits per heavy atom. The second-order valence-electron chi connectivity index (χ2n) is 4.25. The van der Waals surface area contributed by atoms with Gasteiger partial charge in [0.25, 0.3) is 0 Å². The van der Waals surface area contributed by atoms with Crippen molar-refractivity contribution in [2.45, 2.75) is 0 Å². The van der Waals surface area contributed by atoms with Crippen molar-refractivity contribution >= 4 is 28.5 Å². The first kappa shape index (κ1) is 15.7. The van der Waals surface area contributed by atoms with E-state index in [1.54, 1.807) is 13.2 Å². The fourth-order valence-corrected chi connectivity index (χ4v) is 2.03. The molecule has 1 aromatic carbocycles. The van der Waals surface area contributed by atoms with Crippen LogP contribution in [-0.2, 0) is 14.2 Å². The van der Waals surface area contributed by atoms with Crippen LogP contribution in [0, 0.1) is 0 Å². The molecule has 0 fully saturated rings. The van der Waals surface area contributed by atoms with E-state index in [1.165, 1.54) is 6.07 Å². The van der Waals surface area contributed by atoms with Crippen molar-refractivity contribution in [2.24, 2.45) is 0 Å². The van der Waals surface area contributed by atoms with Crippen LogP contribution in [0.2, 0.25) is 5.15 Å². The lowest BCUT2D eigenvalue weighted by Crippen LogP contribution is -2.13. The molecule has 21 heavy (non-hydrogen) atoms. The van der Waals surface area contributed by atoms with Crippen LogP contribution >= 0.6 is 11.6 Å². The minimum atomic E-state index is -0.439. The standard InChI is InChI=1S/C15H16ClNO4/c1-19-6-7-20-8-9-21-15(18)12-10-14(16)17-13-5-3-2-4-11(12)13/h2-5,10H,6-9H2,1H3. The van der Waals surface area contributed by atoms with Gasteiger partial charge in [-0.2, -0.15) is 0 Å². The molecule has 2 rings (SSSR count). The molecular formula is C15H16ClNO4. The zero-order valence-corrected chi connectivity index (χ0v) is 12.4. The van der Waals surface area contributed by atoms with Crippen molar-refractivity contribution < 1.29 is 19.0 Å². The number of carbonyl (C=O) groups excluding carboxylic acids is 1. The number of fused-ring (bicyclic) bond motifs is 1. The summed E-state index contributed by atoms with van der Waals surface area (Å²) < 4.78 is 15.3.